The zero-order valence-electron chi connectivity index (χ0n) is 16.8. The largest absolute Gasteiger partial charge is 0.550 e. The lowest BCUT2D eigenvalue weighted by Crippen LogP contribution is -2.30. The lowest BCUT2D eigenvalue weighted by molar-refractivity contribution is -0.306. The van der Waals surface area contributed by atoms with Crippen LogP contribution in [0, 0.1) is 11.3 Å². The van der Waals surface area contributed by atoms with Gasteiger partial charge in [-0.3, -0.25) is 4.79 Å². The Morgan fingerprint density at radius 1 is 1.16 bits per heavy atom. The number of anilines is 2. The Labute approximate surface area is 183 Å². The molecule has 0 spiro atoms. The maximum absolute atomic E-state index is 12.0. The molecule has 9 nitrogen and oxygen atoms in total. The summed E-state index contributed by atoms with van der Waals surface area (Å²) in [7, 11) is 0. The van der Waals surface area contributed by atoms with Crippen LogP contribution in [0.2, 0.25) is 0 Å². The normalized spacial score (nSPS) is 11.4. The molecule has 0 fully saturated rings. The number of para-hydroxylation sites is 1. The van der Waals surface area contributed by atoms with E-state index in [1.165, 1.54) is 6.07 Å². The number of pyridine rings is 1. The summed E-state index contributed by atoms with van der Waals surface area (Å²) in [6.45, 7) is 0. The predicted molar refractivity (Wildman–Crippen MR) is 115 cm³/mol. The number of nitrogens with one attached hydrogen (secondary N) is 1. The molecule has 1 atom stereocenters. The van der Waals surface area contributed by atoms with Crippen molar-refractivity contribution < 1.29 is 24.9 Å². The molecule has 0 aliphatic carbocycles. The van der Waals surface area contributed by atoms with Crippen LogP contribution in [0.1, 0.15) is 18.4 Å². The van der Waals surface area contributed by atoms with Gasteiger partial charge in [-0.15, -0.1) is 0 Å². The van der Waals surface area contributed by atoms with E-state index in [0.717, 1.165) is 0 Å². The Morgan fingerprint density at radius 3 is 2.47 bits per heavy atom. The van der Waals surface area contributed by atoms with Crippen molar-refractivity contribution in [1.82, 2.24) is 4.98 Å². The number of aromatic hydroxyl groups is 1. The third-order valence-corrected chi connectivity index (χ3v) is 4.73. The minimum Gasteiger partial charge on any atom is -0.550 e. The van der Waals surface area contributed by atoms with Gasteiger partial charge in [-0.05, 0) is 48.7 Å². The highest BCUT2D eigenvalue weighted by Crippen LogP contribution is 2.34. The van der Waals surface area contributed by atoms with Crippen molar-refractivity contribution in [1.29, 1.82) is 5.26 Å². The van der Waals surface area contributed by atoms with Gasteiger partial charge in [-0.2, -0.15) is 5.26 Å². The van der Waals surface area contributed by atoms with E-state index in [0.29, 0.717) is 28.1 Å². The molecule has 3 aromatic rings. The quantitative estimate of drug-likeness (QED) is 0.434. The third kappa shape index (κ3) is 5.00. The van der Waals surface area contributed by atoms with E-state index in [2.05, 4.69) is 10.3 Å². The number of nitrogen functional groups attached to an aromatic ring is 1. The lowest BCUT2D eigenvalue weighted by Gasteiger charge is -2.13. The van der Waals surface area contributed by atoms with Gasteiger partial charge >= 0.3 is 0 Å². The Morgan fingerprint density at radius 2 is 1.84 bits per heavy atom. The number of aliphatic carboxylic acids is 1. The van der Waals surface area contributed by atoms with E-state index in [-0.39, 0.29) is 23.6 Å². The van der Waals surface area contributed by atoms with Gasteiger partial charge in [0, 0.05) is 22.8 Å². The smallest absolute Gasteiger partial charge is 0.253 e. The first-order chi connectivity index (χ1) is 15.3. The molecule has 0 saturated carbocycles. The second-order valence-electron chi connectivity index (χ2n) is 6.94. The number of benzene rings is 2. The number of carbonyl (C=O) groups excluding carboxylic acids is 2. The van der Waals surface area contributed by atoms with Crippen molar-refractivity contribution in [2.75, 3.05) is 11.1 Å². The minimum atomic E-state index is -1.49. The molecule has 0 radical (unpaired) electrons. The van der Waals surface area contributed by atoms with Crippen molar-refractivity contribution in [3.63, 3.8) is 0 Å². The number of nitrogens with two attached hydrogens (primary N) is 1. The van der Waals surface area contributed by atoms with Crippen molar-refractivity contribution in [2.24, 2.45) is 0 Å². The Bertz CT molecular complexity index is 1200. The number of carboxylic acids is 1. The molecule has 1 amide bonds. The fourth-order valence-electron chi connectivity index (χ4n) is 3.08. The van der Waals surface area contributed by atoms with Gasteiger partial charge in [0.2, 0.25) is 0 Å². The fourth-order valence-corrected chi connectivity index (χ4v) is 3.08. The number of hydrogen-bond acceptors (Lipinski definition) is 8. The second kappa shape index (κ2) is 9.59. The van der Waals surface area contributed by atoms with Gasteiger partial charge in [-0.1, -0.05) is 24.3 Å². The van der Waals surface area contributed by atoms with Crippen LogP contribution in [0.3, 0.4) is 0 Å². The van der Waals surface area contributed by atoms with Crippen molar-refractivity contribution in [2.45, 2.75) is 18.9 Å². The Kier molecular flexibility index (Phi) is 6.68. The van der Waals surface area contributed by atoms with Crippen LogP contribution in [-0.4, -0.2) is 33.2 Å². The number of phenols is 1. The van der Waals surface area contributed by atoms with Crippen LogP contribution >= 0.6 is 0 Å². The number of aliphatic hydroxyl groups is 1. The number of hydrogen-bond donors (Lipinski definition) is 4. The van der Waals surface area contributed by atoms with Gasteiger partial charge in [-0.25, -0.2) is 4.98 Å². The third-order valence-electron chi connectivity index (χ3n) is 4.73. The molecule has 1 unspecified atom stereocenters. The summed E-state index contributed by atoms with van der Waals surface area (Å²) in [6.07, 6.45) is -2.19. The van der Waals surface area contributed by atoms with E-state index in [1.54, 1.807) is 48.5 Å². The zero-order chi connectivity index (χ0) is 23.3. The number of phenolic OH excluding ortho intramolecular Hbond substituents is 1. The van der Waals surface area contributed by atoms with Crippen molar-refractivity contribution in [3.05, 3.63) is 60.2 Å². The topological polar surface area (TPSA) is 172 Å². The monoisotopic (exact) mass is 431 g/mol. The molecule has 5 N–H and O–H groups in total. The van der Waals surface area contributed by atoms with Crippen LogP contribution in [-0.2, 0) is 9.59 Å². The van der Waals surface area contributed by atoms with E-state index < -0.39 is 24.4 Å². The molecular formula is C23H19N4O5-. The minimum absolute atomic E-state index is 0.0108. The first kappa shape index (κ1) is 22.3. The summed E-state index contributed by atoms with van der Waals surface area (Å²) >= 11 is 0. The molecule has 32 heavy (non-hydrogen) atoms. The van der Waals surface area contributed by atoms with Crippen LogP contribution < -0.4 is 16.2 Å². The Balaban J connectivity index is 1.88. The molecule has 1 heterocycles. The highest BCUT2D eigenvalue weighted by atomic mass is 16.4. The van der Waals surface area contributed by atoms with E-state index >= 15 is 0 Å². The van der Waals surface area contributed by atoms with Crippen LogP contribution in [0.25, 0.3) is 22.4 Å². The lowest BCUT2D eigenvalue weighted by atomic mass is 9.98. The van der Waals surface area contributed by atoms with Crippen LogP contribution in [0.15, 0.2) is 54.6 Å². The molecule has 9 heteroatoms. The summed E-state index contributed by atoms with van der Waals surface area (Å²) in [6, 6.07) is 16.7. The molecule has 2 aromatic carbocycles. The molecule has 0 saturated heterocycles. The van der Waals surface area contributed by atoms with Gasteiger partial charge < -0.3 is 31.2 Å². The van der Waals surface area contributed by atoms with Crippen molar-refractivity contribution in [3.8, 4) is 34.2 Å². The summed E-state index contributed by atoms with van der Waals surface area (Å²) in [4.78, 5) is 26.7. The average Bonchev–Trinajstić information content (AvgIpc) is 2.77. The average molecular weight is 431 g/mol. The predicted octanol–water partition coefficient (Wildman–Crippen LogP) is 1.40. The number of nitrogens with zero attached hydrogens (tertiary/aromatic N) is 2. The standard InChI is InChI=1S/C23H20N4O5/c24-12-17-16(11-18(27-22(17)25)15-3-1-2-4-19(15)28)13-5-7-14(8-6-13)26-23(32)20(29)9-10-21(30)31/h1-8,11,20,28-29H,9-10H2,(H2,25,27)(H,26,32)(H,30,31)/p-1. The first-order valence-electron chi connectivity index (χ1n) is 9.58. The number of amides is 1. The van der Waals surface area contributed by atoms with Gasteiger partial charge in [0.15, 0.2) is 0 Å². The van der Waals surface area contributed by atoms with E-state index in [4.69, 9.17) is 5.73 Å². The number of carbonyl (C=O) groups is 2. The molecule has 3 rings (SSSR count). The summed E-state index contributed by atoms with van der Waals surface area (Å²) in [5.74, 6) is -2.07. The molecule has 162 valence electrons. The maximum Gasteiger partial charge on any atom is 0.253 e. The Hall–Kier alpha value is -4.42. The van der Waals surface area contributed by atoms with Gasteiger partial charge in [0.05, 0.1) is 5.69 Å². The SMILES string of the molecule is N#Cc1c(-c2ccc(NC(=O)C(O)CCC(=O)[O-])cc2)cc(-c2ccccc2O)nc1N. The molecule has 0 bridgehead atoms. The second-order valence-corrected chi connectivity index (χ2v) is 6.94. The highest BCUT2D eigenvalue weighted by Gasteiger charge is 2.17. The zero-order valence-corrected chi connectivity index (χ0v) is 16.8. The van der Waals surface area contributed by atoms with Gasteiger partial charge in [0.25, 0.3) is 5.91 Å². The van der Waals surface area contributed by atoms with Crippen molar-refractivity contribution >= 4 is 23.4 Å². The summed E-state index contributed by atoms with van der Waals surface area (Å²) in [5, 5.41) is 42.4. The summed E-state index contributed by atoms with van der Waals surface area (Å²) < 4.78 is 0. The summed E-state index contributed by atoms with van der Waals surface area (Å²) in [5.41, 5.74) is 8.48. The number of rotatable bonds is 7. The maximum atomic E-state index is 12.0. The molecule has 0 aliphatic heterocycles. The van der Waals surface area contributed by atoms with Gasteiger partial charge in [0.1, 0.15) is 29.3 Å². The van der Waals surface area contributed by atoms with E-state index in [1.807, 2.05) is 6.07 Å². The van der Waals surface area contributed by atoms with Crippen LogP contribution in [0.5, 0.6) is 5.75 Å². The number of aromatic nitrogens is 1. The fraction of sp³-hybridized carbons (Fsp3) is 0.130. The number of nitriles is 1. The number of carboxylic acid groups (broad SMARTS) is 1. The van der Waals surface area contributed by atoms with E-state index in [9.17, 15) is 30.2 Å². The first-order valence-corrected chi connectivity index (χ1v) is 9.58. The van der Waals surface area contributed by atoms with Crippen LogP contribution in [0.4, 0.5) is 11.5 Å². The molecular weight excluding hydrogens is 412 g/mol. The molecule has 1 aromatic heterocycles. The molecule has 0 aliphatic rings. The number of aliphatic hydroxyl groups excluding tert-OH is 1. The highest BCUT2D eigenvalue weighted by molar-refractivity contribution is 5.94.